The normalized spacial score (nSPS) is 11.7. The molecule has 0 aliphatic heterocycles. The highest BCUT2D eigenvalue weighted by molar-refractivity contribution is 7.86. The Morgan fingerprint density at radius 1 is 1.14 bits per heavy atom. The molecule has 0 fully saturated rings. The van der Waals surface area contributed by atoms with Gasteiger partial charge in [-0.15, -0.1) is 11.3 Å². The number of benzene rings is 2. The number of rotatable bonds is 7. The molecule has 29 heavy (non-hydrogen) atoms. The zero-order valence-corrected chi connectivity index (χ0v) is 17.4. The topological polar surface area (TPSA) is 92.7 Å². The lowest BCUT2D eigenvalue weighted by Crippen LogP contribution is -2.08. The van der Waals surface area contributed by atoms with Crippen LogP contribution in [0, 0.1) is 6.92 Å². The van der Waals surface area contributed by atoms with E-state index in [9.17, 15) is 18.9 Å². The van der Waals surface area contributed by atoms with E-state index in [4.69, 9.17) is 4.74 Å². The number of anilines is 1. The number of ether oxygens (including phenoxy) is 1. The van der Waals surface area contributed by atoms with Crippen LogP contribution in [0.25, 0.3) is 10.4 Å². The molecule has 2 aromatic carbocycles. The van der Waals surface area contributed by atoms with Crippen molar-refractivity contribution >= 4 is 39.9 Å². The summed E-state index contributed by atoms with van der Waals surface area (Å²) in [5.41, 5.74) is 1.98. The van der Waals surface area contributed by atoms with Crippen LogP contribution < -0.4 is 4.72 Å². The monoisotopic (exact) mass is 429 g/mol. The number of esters is 1. The highest BCUT2D eigenvalue weighted by Crippen LogP contribution is 2.37. The molecule has 0 aliphatic carbocycles. The fourth-order valence-corrected chi connectivity index (χ4v) is 4.85. The summed E-state index contributed by atoms with van der Waals surface area (Å²) in [6, 6.07) is 15.6. The van der Waals surface area contributed by atoms with Gasteiger partial charge in [0.1, 0.15) is 4.88 Å². The van der Waals surface area contributed by atoms with Gasteiger partial charge >= 0.3 is 11.9 Å². The number of carboxylic acid groups (broad SMARTS) is 1. The third kappa shape index (κ3) is 4.55. The molecule has 0 spiro atoms. The zero-order valence-electron chi connectivity index (χ0n) is 15.8. The maximum absolute atomic E-state index is 12.8. The van der Waals surface area contributed by atoms with Gasteiger partial charge in [0.25, 0.3) is 0 Å². The Hall–Kier alpha value is -2.97. The first kappa shape index (κ1) is 20.8. The lowest BCUT2D eigenvalue weighted by Gasteiger charge is -2.08. The Morgan fingerprint density at radius 3 is 2.52 bits per heavy atom. The SMILES string of the molecule is CCOC(=O)c1ccccc1-c1cc(NS(=O)c2ccccc2C)c(C(=O)O)s1. The molecule has 6 nitrogen and oxygen atoms in total. The Bertz CT molecular complexity index is 1090. The molecule has 1 aromatic heterocycles. The number of thiophene rings is 1. The molecular weight excluding hydrogens is 410 g/mol. The molecular formula is C21H19NO5S2. The van der Waals surface area contributed by atoms with E-state index in [1.807, 2.05) is 19.1 Å². The Kier molecular flexibility index (Phi) is 6.46. The van der Waals surface area contributed by atoms with Gasteiger partial charge < -0.3 is 9.84 Å². The van der Waals surface area contributed by atoms with Gasteiger partial charge in [-0.2, -0.15) is 0 Å². The van der Waals surface area contributed by atoms with Crippen LogP contribution in [0.2, 0.25) is 0 Å². The minimum Gasteiger partial charge on any atom is -0.477 e. The average molecular weight is 430 g/mol. The second-order valence-electron chi connectivity index (χ2n) is 6.06. The molecule has 1 atom stereocenters. The lowest BCUT2D eigenvalue weighted by molar-refractivity contribution is 0.0526. The van der Waals surface area contributed by atoms with Gasteiger partial charge in [-0.25, -0.2) is 13.8 Å². The second kappa shape index (κ2) is 9.02. The maximum Gasteiger partial charge on any atom is 0.348 e. The van der Waals surface area contributed by atoms with Crippen molar-refractivity contribution in [2.75, 3.05) is 11.3 Å². The van der Waals surface area contributed by atoms with E-state index in [1.54, 1.807) is 49.4 Å². The van der Waals surface area contributed by atoms with Crippen molar-refractivity contribution in [1.82, 2.24) is 0 Å². The molecule has 3 aromatic rings. The van der Waals surface area contributed by atoms with Crippen LogP contribution in [0.4, 0.5) is 5.69 Å². The number of aryl methyl sites for hydroxylation is 1. The van der Waals surface area contributed by atoms with Crippen molar-refractivity contribution in [3.63, 3.8) is 0 Å². The quantitative estimate of drug-likeness (QED) is 0.530. The standard InChI is InChI=1S/C21H19NO5S2/c1-3-27-21(25)15-10-6-5-9-14(15)17-12-16(19(28-17)20(23)24)22-29(26)18-11-7-4-8-13(18)2/h4-12,22H,3H2,1-2H3,(H,23,24). The molecule has 8 heteroatoms. The molecule has 0 aliphatic rings. The van der Waals surface area contributed by atoms with Gasteiger partial charge in [0.05, 0.1) is 22.8 Å². The first-order valence-corrected chi connectivity index (χ1v) is 10.8. The van der Waals surface area contributed by atoms with E-state index >= 15 is 0 Å². The van der Waals surface area contributed by atoms with Crippen molar-refractivity contribution in [2.45, 2.75) is 18.7 Å². The molecule has 150 valence electrons. The molecule has 1 heterocycles. The van der Waals surface area contributed by atoms with Crippen LogP contribution in [0.15, 0.2) is 59.5 Å². The van der Waals surface area contributed by atoms with Crippen molar-refractivity contribution in [3.05, 3.63) is 70.6 Å². The highest BCUT2D eigenvalue weighted by Gasteiger charge is 2.22. The number of carbonyl (C=O) groups excluding carboxylic acids is 1. The summed E-state index contributed by atoms with van der Waals surface area (Å²) in [5, 5.41) is 9.61. The van der Waals surface area contributed by atoms with Gasteiger partial charge in [0, 0.05) is 10.4 Å². The molecule has 0 saturated heterocycles. The number of carbonyl (C=O) groups is 2. The summed E-state index contributed by atoms with van der Waals surface area (Å²) in [5.74, 6) is -1.62. The number of carboxylic acids is 1. The van der Waals surface area contributed by atoms with Crippen molar-refractivity contribution in [3.8, 4) is 10.4 Å². The number of hydrogen-bond donors (Lipinski definition) is 2. The Morgan fingerprint density at radius 2 is 1.83 bits per heavy atom. The summed E-state index contributed by atoms with van der Waals surface area (Å²) in [6.07, 6.45) is 0. The number of nitrogens with one attached hydrogen (secondary N) is 1. The van der Waals surface area contributed by atoms with E-state index in [1.165, 1.54) is 0 Å². The number of hydrogen-bond acceptors (Lipinski definition) is 5. The molecule has 3 rings (SSSR count). The third-order valence-corrected chi connectivity index (χ3v) is 6.53. The first-order chi connectivity index (χ1) is 13.9. The fraction of sp³-hybridized carbons (Fsp3) is 0.143. The maximum atomic E-state index is 12.8. The Labute approximate surface area is 174 Å². The molecule has 0 saturated carbocycles. The number of aromatic carboxylic acids is 1. The molecule has 0 bridgehead atoms. The molecule has 0 amide bonds. The fourth-order valence-electron chi connectivity index (χ4n) is 2.76. The minimum atomic E-state index is -1.63. The van der Waals surface area contributed by atoms with E-state index in [0.717, 1.165) is 16.9 Å². The predicted molar refractivity (Wildman–Crippen MR) is 114 cm³/mol. The van der Waals surface area contributed by atoms with Crippen LogP contribution in [0.1, 0.15) is 32.5 Å². The summed E-state index contributed by atoms with van der Waals surface area (Å²) in [6.45, 7) is 3.79. The van der Waals surface area contributed by atoms with E-state index in [-0.39, 0.29) is 17.2 Å². The second-order valence-corrected chi connectivity index (χ2v) is 8.29. The van der Waals surface area contributed by atoms with Crippen molar-refractivity contribution < 1.29 is 23.6 Å². The minimum absolute atomic E-state index is 0.0144. The third-order valence-electron chi connectivity index (χ3n) is 4.11. The summed E-state index contributed by atoms with van der Waals surface area (Å²) >= 11 is 1.01. The van der Waals surface area contributed by atoms with E-state index in [2.05, 4.69) is 4.72 Å². The van der Waals surface area contributed by atoms with Gasteiger partial charge in [0.15, 0.2) is 11.0 Å². The molecule has 2 N–H and O–H groups in total. The van der Waals surface area contributed by atoms with Crippen LogP contribution in [-0.2, 0) is 15.7 Å². The average Bonchev–Trinajstić information content (AvgIpc) is 3.12. The molecule has 1 unspecified atom stereocenters. The zero-order chi connectivity index (χ0) is 21.0. The predicted octanol–water partition coefficient (Wildman–Crippen LogP) is 4.73. The Balaban J connectivity index is 2.01. The first-order valence-electron chi connectivity index (χ1n) is 8.80. The van der Waals surface area contributed by atoms with Crippen LogP contribution in [0.5, 0.6) is 0 Å². The van der Waals surface area contributed by atoms with Gasteiger partial charge in [0.2, 0.25) is 0 Å². The molecule has 0 radical (unpaired) electrons. The lowest BCUT2D eigenvalue weighted by atomic mass is 10.1. The van der Waals surface area contributed by atoms with Crippen LogP contribution in [0.3, 0.4) is 0 Å². The summed E-state index contributed by atoms with van der Waals surface area (Å²) in [4.78, 5) is 25.2. The van der Waals surface area contributed by atoms with Crippen LogP contribution in [-0.4, -0.2) is 27.9 Å². The largest absolute Gasteiger partial charge is 0.477 e. The van der Waals surface area contributed by atoms with Crippen molar-refractivity contribution in [1.29, 1.82) is 0 Å². The van der Waals surface area contributed by atoms with E-state index < -0.39 is 22.9 Å². The van der Waals surface area contributed by atoms with E-state index in [0.29, 0.717) is 20.9 Å². The summed E-state index contributed by atoms with van der Waals surface area (Å²) < 4.78 is 20.6. The van der Waals surface area contributed by atoms with Gasteiger partial charge in [-0.1, -0.05) is 36.4 Å². The van der Waals surface area contributed by atoms with Crippen LogP contribution >= 0.6 is 11.3 Å². The highest BCUT2D eigenvalue weighted by atomic mass is 32.2. The van der Waals surface area contributed by atoms with Gasteiger partial charge in [-0.3, -0.25) is 4.72 Å². The van der Waals surface area contributed by atoms with Gasteiger partial charge in [-0.05, 0) is 37.6 Å². The smallest absolute Gasteiger partial charge is 0.348 e. The summed E-state index contributed by atoms with van der Waals surface area (Å²) in [7, 11) is -1.63. The van der Waals surface area contributed by atoms with Crippen molar-refractivity contribution in [2.24, 2.45) is 0 Å².